The summed E-state index contributed by atoms with van der Waals surface area (Å²) in [6.07, 6.45) is 4.31. The number of aliphatic hydroxyl groups is 1. The Hall–Kier alpha value is -1.28. The first-order chi connectivity index (χ1) is 6.75. The molecule has 0 spiro atoms. The minimum Gasteiger partial charge on any atom is -0.493 e. The summed E-state index contributed by atoms with van der Waals surface area (Å²) in [7, 11) is 0. The first kappa shape index (κ1) is 9.28. The Morgan fingerprint density at radius 1 is 1.50 bits per heavy atom. The summed E-state index contributed by atoms with van der Waals surface area (Å²) < 4.78 is 5.41. The molecule has 0 saturated heterocycles. The van der Waals surface area contributed by atoms with Crippen LogP contribution in [0.5, 0.6) is 5.75 Å². The molecular formula is C12H14O2. The molecule has 0 saturated carbocycles. The fourth-order valence-electron chi connectivity index (χ4n) is 1.56. The van der Waals surface area contributed by atoms with E-state index >= 15 is 0 Å². The Bertz CT molecular complexity index is 353. The first-order valence-corrected chi connectivity index (χ1v) is 4.88. The molecule has 0 bridgehead atoms. The summed E-state index contributed by atoms with van der Waals surface area (Å²) in [5.41, 5.74) is 2.38. The van der Waals surface area contributed by atoms with Gasteiger partial charge in [-0.2, -0.15) is 0 Å². The van der Waals surface area contributed by atoms with Crippen LogP contribution in [0.15, 0.2) is 24.3 Å². The second-order valence-corrected chi connectivity index (χ2v) is 3.57. The average molecular weight is 190 g/mol. The van der Waals surface area contributed by atoms with Gasteiger partial charge in [0.2, 0.25) is 0 Å². The van der Waals surface area contributed by atoms with Gasteiger partial charge in [-0.05, 0) is 30.2 Å². The molecule has 1 aliphatic heterocycles. The molecule has 0 aliphatic carbocycles. The van der Waals surface area contributed by atoms with E-state index in [9.17, 15) is 0 Å². The number of hydrogen-bond acceptors (Lipinski definition) is 2. The van der Waals surface area contributed by atoms with Crippen molar-refractivity contribution in [1.29, 1.82) is 0 Å². The summed E-state index contributed by atoms with van der Waals surface area (Å²) >= 11 is 0. The fraction of sp³-hybridized carbons (Fsp3) is 0.333. The molecule has 0 aromatic heterocycles. The molecule has 1 atom stereocenters. The van der Waals surface area contributed by atoms with E-state index in [-0.39, 0.29) is 6.10 Å². The van der Waals surface area contributed by atoms with Gasteiger partial charge in [0.25, 0.3) is 0 Å². The van der Waals surface area contributed by atoms with E-state index in [4.69, 9.17) is 9.84 Å². The highest BCUT2D eigenvalue weighted by atomic mass is 16.5. The Kier molecular flexibility index (Phi) is 2.55. The highest BCUT2D eigenvalue weighted by Crippen LogP contribution is 2.26. The van der Waals surface area contributed by atoms with Crippen molar-refractivity contribution in [3.63, 3.8) is 0 Å². The Balaban J connectivity index is 2.20. The predicted octanol–water partition coefficient (Wildman–Crippen LogP) is 2.02. The van der Waals surface area contributed by atoms with Crippen molar-refractivity contribution in [2.45, 2.75) is 19.4 Å². The van der Waals surface area contributed by atoms with Gasteiger partial charge >= 0.3 is 0 Å². The zero-order valence-corrected chi connectivity index (χ0v) is 8.23. The van der Waals surface area contributed by atoms with E-state index < -0.39 is 0 Å². The third-order valence-electron chi connectivity index (χ3n) is 2.28. The molecule has 1 aliphatic rings. The van der Waals surface area contributed by atoms with Crippen molar-refractivity contribution in [1.82, 2.24) is 0 Å². The molecular weight excluding hydrogens is 176 g/mol. The number of fused-ring (bicyclic) bond motifs is 1. The molecule has 74 valence electrons. The molecule has 2 rings (SSSR count). The van der Waals surface area contributed by atoms with Crippen LogP contribution in [-0.4, -0.2) is 17.8 Å². The lowest BCUT2D eigenvalue weighted by molar-refractivity contribution is 0.245. The smallest absolute Gasteiger partial charge is 0.122 e. The Morgan fingerprint density at radius 2 is 2.36 bits per heavy atom. The third-order valence-corrected chi connectivity index (χ3v) is 2.28. The maximum atomic E-state index is 9.10. The number of ether oxygens (including phenoxy) is 1. The van der Waals surface area contributed by atoms with Crippen molar-refractivity contribution in [3.05, 3.63) is 35.4 Å². The van der Waals surface area contributed by atoms with Crippen LogP contribution in [0.4, 0.5) is 0 Å². The molecule has 1 N–H and O–H groups in total. The minimum absolute atomic E-state index is 0.389. The van der Waals surface area contributed by atoms with Gasteiger partial charge in [-0.15, -0.1) is 0 Å². The zero-order chi connectivity index (χ0) is 9.97. The average Bonchev–Trinajstić information content (AvgIpc) is 2.61. The zero-order valence-electron chi connectivity index (χ0n) is 8.23. The van der Waals surface area contributed by atoms with Crippen LogP contribution in [-0.2, 0) is 6.42 Å². The van der Waals surface area contributed by atoms with Gasteiger partial charge in [-0.25, -0.2) is 0 Å². The van der Waals surface area contributed by atoms with Crippen LogP contribution < -0.4 is 4.74 Å². The van der Waals surface area contributed by atoms with Crippen molar-refractivity contribution in [3.8, 4) is 5.75 Å². The minimum atomic E-state index is -0.389. The summed E-state index contributed by atoms with van der Waals surface area (Å²) in [5.74, 6) is 0.999. The van der Waals surface area contributed by atoms with Crippen LogP contribution in [0.1, 0.15) is 18.1 Å². The fourth-order valence-corrected chi connectivity index (χ4v) is 1.56. The van der Waals surface area contributed by atoms with Gasteiger partial charge < -0.3 is 9.84 Å². The number of hydrogen-bond donors (Lipinski definition) is 1. The lowest BCUT2D eigenvalue weighted by Gasteiger charge is -2.00. The second kappa shape index (κ2) is 3.84. The molecule has 1 aromatic rings. The van der Waals surface area contributed by atoms with Crippen molar-refractivity contribution in [2.75, 3.05) is 6.61 Å². The summed E-state index contributed by atoms with van der Waals surface area (Å²) in [4.78, 5) is 0. The number of benzene rings is 1. The van der Waals surface area contributed by atoms with Crippen LogP contribution in [0.2, 0.25) is 0 Å². The molecule has 1 unspecified atom stereocenters. The van der Waals surface area contributed by atoms with Crippen molar-refractivity contribution >= 4 is 6.08 Å². The van der Waals surface area contributed by atoms with Crippen LogP contribution in [0.3, 0.4) is 0 Å². The predicted molar refractivity (Wildman–Crippen MR) is 56.4 cm³/mol. The Labute approximate surface area is 83.8 Å². The molecule has 1 aromatic carbocycles. The topological polar surface area (TPSA) is 29.5 Å². The van der Waals surface area contributed by atoms with Crippen LogP contribution >= 0.6 is 0 Å². The van der Waals surface area contributed by atoms with E-state index in [1.165, 1.54) is 5.56 Å². The summed E-state index contributed by atoms with van der Waals surface area (Å²) in [5, 5.41) is 9.10. The highest BCUT2D eigenvalue weighted by Gasteiger charge is 2.10. The van der Waals surface area contributed by atoms with Crippen molar-refractivity contribution in [2.24, 2.45) is 0 Å². The largest absolute Gasteiger partial charge is 0.493 e. The molecule has 0 fully saturated rings. The summed E-state index contributed by atoms with van der Waals surface area (Å²) in [6.45, 7) is 2.53. The monoisotopic (exact) mass is 190 g/mol. The maximum Gasteiger partial charge on any atom is 0.122 e. The maximum absolute atomic E-state index is 9.10. The van der Waals surface area contributed by atoms with E-state index in [0.717, 1.165) is 24.3 Å². The van der Waals surface area contributed by atoms with Gasteiger partial charge in [-0.3, -0.25) is 0 Å². The number of rotatable bonds is 2. The lowest BCUT2D eigenvalue weighted by Crippen LogP contribution is -1.91. The molecule has 0 amide bonds. The van der Waals surface area contributed by atoms with Crippen molar-refractivity contribution < 1.29 is 9.84 Å². The molecule has 2 nitrogen and oxygen atoms in total. The molecule has 2 heteroatoms. The van der Waals surface area contributed by atoms with E-state index in [1.807, 2.05) is 18.2 Å². The van der Waals surface area contributed by atoms with Gasteiger partial charge in [0.05, 0.1) is 12.7 Å². The van der Waals surface area contributed by atoms with E-state index in [0.29, 0.717) is 0 Å². The van der Waals surface area contributed by atoms with Gasteiger partial charge in [0.15, 0.2) is 0 Å². The standard InChI is InChI=1S/C12H14O2/c1-9(13)2-3-10-4-5-12-11(8-10)6-7-14-12/h2-5,8-9,13H,6-7H2,1H3/b3-2+. The Morgan fingerprint density at radius 3 is 3.14 bits per heavy atom. The van der Waals surface area contributed by atoms with Gasteiger partial charge in [0.1, 0.15) is 5.75 Å². The second-order valence-electron chi connectivity index (χ2n) is 3.57. The molecule has 1 heterocycles. The molecule has 14 heavy (non-hydrogen) atoms. The lowest BCUT2D eigenvalue weighted by atomic mass is 10.1. The van der Waals surface area contributed by atoms with Crippen LogP contribution in [0, 0.1) is 0 Å². The first-order valence-electron chi connectivity index (χ1n) is 4.88. The van der Waals surface area contributed by atoms with Crippen LogP contribution in [0.25, 0.3) is 6.08 Å². The highest BCUT2D eigenvalue weighted by molar-refractivity contribution is 5.54. The van der Waals surface area contributed by atoms with E-state index in [1.54, 1.807) is 13.0 Å². The van der Waals surface area contributed by atoms with Gasteiger partial charge in [0, 0.05) is 6.42 Å². The quantitative estimate of drug-likeness (QED) is 0.773. The van der Waals surface area contributed by atoms with E-state index in [2.05, 4.69) is 6.07 Å². The van der Waals surface area contributed by atoms with Gasteiger partial charge in [-0.1, -0.05) is 18.2 Å². The molecule has 0 radical (unpaired) electrons. The SMILES string of the molecule is CC(O)/C=C/c1ccc2c(c1)CCO2. The summed E-state index contributed by atoms with van der Waals surface area (Å²) in [6, 6.07) is 6.11. The third kappa shape index (κ3) is 1.96. The number of aliphatic hydroxyl groups excluding tert-OH is 1. The normalized spacial score (nSPS) is 16.7.